The maximum absolute atomic E-state index is 11.1. The standard InChI is InChI=1S/2C8H16N2O2.2ClH/c2*1-8(2,3)12-7(11)10-6-4-5(6)9;;/h2*5-6H,4,9H2,1-3H3,(H,10,11);2*1H/t2*5-,6+;;/m10../s1. The first kappa shape index (κ1) is 27.3. The van der Waals surface area contributed by atoms with E-state index in [0.29, 0.717) is 0 Å². The summed E-state index contributed by atoms with van der Waals surface area (Å²) in [5.41, 5.74) is 10.2. The molecule has 2 rings (SSSR count). The summed E-state index contributed by atoms with van der Waals surface area (Å²) in [6, 6.07) is 0.495. The fourth-order valence-electron chi connectivity index (χ4n) is 1.68. The molecule has 0 spiro atoms. The molecule has 0 aromatic heterocycles. The van der Waals surface area contributed by atoms with Gasteiger partial charge in [-0.1, -0.05) is 0 Å². The molecule has 0 radical (unpaired) electrons. The van der Waals surface area contributed by atoms with Crippen molar-refractivity contribution in [2.24, 2.45) is 11.5 Å². The molecule has 2 saturated carbocycles. The quantitative estimate of drug-likeness (QED) is 0.545. The summed E-state index contributed by atoms with van der Waals surface area (Å²) in [5, 5.41) is 5.35. The zero-order valence-electron chi connectivity index (χ0n) is 16.3. The van der Waals surface area contributed by atoms with Crippen molar-refractivity contribution in [3.05, 3.63) is 0 Å². The molecule has 2 fully saturated rings. The van der Waals surface area contributed by atoms with Gasteiger partial charge in [0.2, 0.25) is 0 Å². The van der Waals surface area contributed by atoms with Crippen LogP contribution in [0.5, 0.6) is 0 Å². The van der Waals surface area contributed by atoms with Crippen LogP contribution in [0.3, 0.4) is 0 Å². The van der Waals surface area contributed by atoms with E-state index in [-0.39, 0.29) is 61.2 Å². The predicted molar refractivity (Wildman–Crippen MR) is 106 cm³/mol. The molecule has 2 amide bonds. The first-order valence-corrected chi connectivity index (χ1v) is 8.27. The SMILES string of the molecule is CC(C)(C)OC(=O)N[C@@H]1C[C@@H]1N.CC(C)(C)OC(=O)N[C@H]1C[C@H]1N.Cl.Cl. The fourth-order valence-corrected chi connectivity index (χ4v) is 1.68. The molecule has 10 heteroatoms. The lowest BCUT2D eigenvalue weighted by atomic mass is 10.2. The van der Waals surface area contributed by atoms with Gasteiger partial charge in [-0.3, -0.25) is 0 Å². The molecule has 2 aliphatic rings. The van der Waals surface area contributed by atoms with E-state index in [2.05, 4.69) is 10.6 Å². The molecular formula is C16H34Cl2N4O4. The summed E-state index contributed by atoms with van der Waals surface area (Å²) in [6.45, 7) is 11.0. The molecule has 8 nitrogen and oxygen atoms in total. The average molecular weight is 417 g/mol. The molecular weight excluding hydrogens is 383 g/mol. The second-order valence-electron chi connectivity index (χ2n) is 8.30. The lowest BCUT2D eigenvalue weighted by Gasteiger charge is -2.19. The maximum Gasteiger partial charge on any atom is 0.407 e. The van der Waals surface area contributed by atoms with Crippen LogP contribution in [0, 0.1) is 0 Å². The van der Waals surface area contributed by atoms with E-state index in [9.17, 15) is 9.59 Å². The van der Waals surface area contributed by atoms with Gasteiger partial charge in [0.1, 0.15) is 11.2 Å². The van der Waals surface area contributed by atoms with E-state index in [4.69, 9.17) is 20.9 Å². The van der Waals surface area contributed by atoms with Gasteiger partial charge < -0.3 is 31.6 Å². The van der Waals surface area contributed by atoms with Crippen LogP contribution < -0.4 is 22.1 Å². The number of carbonyl (C=O) groups is 2. The molecule has 26 heavy (non-hydrogen) atoms. The molecule has 0 aliphatic heterocycles. The number of ether oxygens (including phenoxy) is 2. The Bertz CT molecular complexity index is 424. The van der Waals surface area contributed by atoms with E-state index in [1.807, 2.05) is 41.5 Å². The van der Waals surface area contributed by atoms with Crippen molar-refractivity contribution < 1.29 is 19.1 Å². The van der Waals surface area contributed by atoms with Gasteiger partial charge >= 0.3 is 12.2 Å². The highest BCUT2D eigenvalue weighted by Crippen LogP contribution is 2.19. The van der Waals surface area contributed by atoms with Gasteiger partial charge in [-0.15, -0.1) is 24.8 Å². The van der Waals surface area contributed by atoms with E-state index in [1.165, 1.54) is 0 Å². The van der Waals surface area contributed by atoms with Crippen molar-refractivity contribution in [1.29, 1.82) is 0 Å². The molecule has 0 heterocycles. The number of nitrogens with two attached hydrogens (primary N) is 2. The topological polar surface area (TPSA) is 129 Å². The van der Waals surface area contributed by atoms with Crippen LogP contribution >= 0.6 is 24.8 Å². The van der Waals surface area contributed by atoms with Crippen LogP contribution in [0.4, 0.5) is 9.59 Å². The Morgan fingerprint density at radius 2 is 1.00 bits per heavy atom. The fraction of sp³-hybridized carbons (Fsp3) is 0.875. The summed E-state index contributed by atoms with van der Waals surface area (Å²) < 4.78 is 10.1. The van der Waals surface area contributed by atoms with Crippen molar-refractivity contribution in [2.45, 2.75) is 89.8 Å². The Hall–Kier alpha value is -0.960. The highest BCUT2D eigenvalue weighted by molar-refractivity contribution is 5.85. The molecule has 6 N–H and O–H groups in total. The number of halogens is 2. The van der Waals surface area contributed by atoms with Gasteiger partial charge in [0.05, 0.1) is 0 Å². The van der Waals surface area contributed by atoms with Crippen LogP contribution in [0.1, 0.15) is 54.4 Å². The number of amides is 2. The minimum atomic E-state index is -0.428. The molecule has 4 atom stereocenters. The van der Waals surface area contributed by atoms with Crippen molar-refractivity contribution in [3.63, 3.8) is 0 Å². The largest absolute Gasteiger partial charge is 0.444 e. The highest BCUT2D eigenvalue weighted by atomic mass is 35.5. The number of alkyl carbamates (subject to hydrolysis) is 2. The number of hydrogen-bond donors (Lipinski definition) is 4. The van der Waals surface area contributed by atoms with E-state index >= 15 is 0 Å². The monoisotopic (exact) mass is 416 g/mol. The first-order valence-electron chi connectivity index (χ1n) is 8.27. The lowest BCUT2D eigenvalue weighted by Crippen LogP contribution is -2.35. The number of hydrogen-bond acceptors (Lipinski definition) is 6. The van der Waals surface area contributed by atoms with Gasteiger partial charge in [-0.2, -0.15) is 0 Å². The third kappa shape index (κ3) is 13.3. The molecule has 0 aromatic carbocycles. The summed E-state index contributed by atoms with van der Waals surface area (Å²) >= 11 is 0. The minimum absolute atomic E-state index is 0. The highest BCUT2D eigenvalue weighted by Gasteiger charge is 2.36. The van der Waals surface area contributed by atoms with Crippen molar-refractivity contribution >= 4 is 37.0 Å². The normalized spacial score (nSPS) is 25.8. The van der Waals surface area contributed by atoms with Gasteiger partial charge in [0.25, 0.3) is 0 Å². The van der Waals surface area contributed by atoms with Crippen molar-refractivity contribution in [1.82, 2.24) is 10.6 Å². The summed E-state index contributed by atoms with van der Waals surface area (Å²) in [4.78, 5) is 22.1. The van der Waals surface area contributed by atoms with E-state index < -0.39 is 11.2 Å². The number of rotatable bonds is 2. The van der Waals surface area contributed by atoms with Crippen LogP contribution in [0.25, 0.3) is 0 Å². The maximum atomic E-state index is 11.1. The smallest absolute Gasteiger partial charge is 0.407 e. The Morgan fingerprint density at radius 1 is 0.769 bits per heavy atom. The number of carbonyl (C=O) groups excluding carboxylic acids is 2. The Labute approximate surface area is 168 Å². The second-order valence-corrected chi connectivity index (χ2v) is 8.30. The van der Waals surface area contributed by atoms with Crippen LogP contribution in [0.2, 0.25) is 0 Å². The van der Waals surface area contributed by atoms with Gasteiger partial charge in [-0.05, 0) is 54.4 Å². The van der Waals surface area contributed by atoms with Gasteiger partial charge in [-0.25, -0.2) is 9.59 Å². The van der Waals surface area contributed by atoms with Crippen molar-refractivity contribution in [2.75, 3.05) is 0 Å². The summed E-state index contributed by atoms with van der Waals surface area (Å²) in [6.07, 6.45) is 0.972. The summed E-state index contributed by atoms with van der Waals surface area (Å²) in [7, 11) is 0. The second kappa shape index (κ2) is 10.4. The Balaban J connectivity index is 0. The first-order chi connectivity index (χ1) is 10.8. The lowest BCUT2D eigenvalue weighted by molar-refractivity contribution is 0.0511. The Kier molecular flexibility index (Phi) is 10.9. The predicted octanol–water partition coefficient (Wildman–Crippen LogP) is 2.07. The third-order valence-corrected chi connectivity index (χ3v) is 3.08. The zero-order chi connectivity index (χ0) is 18.7. The Morgan fingerprint density at radius 3 is 1.15 bits per heavy atom. The van der Waals surface area contributed by atoms with Gasteiger partial charge in [0.15, 0.2) is 0 Å². The molecule has 0 saturated heterocycles. The van der Waals surface area contributed by atoms with Gasteiger partial charge in [0, 0.05) is 24.2 Å². The van der Waals surface area contributed by atoms with E-state index in [0.717, 1.165) is 12.8 Å². The molecule has 2 aliphatic carbocycles. The van der Waals surface area contributed by atoms with E-state index in [1.54, 1.807) is 0 Å². The van der Waals surface area contributed by atoms with Crippen LogP contribution in [-0.4, -0.2) is 47.6 Å². The minimum Gasteiger partial charge on any atom is -0.444 e. The molecule has 0 aromatic rings. The van der Waals surface area contributed by atoms with Crippen LogP contribution in [0.15, 0.2) is 0 Å². The molecule has 0 unspecified atom stereocenters. The molecule has 0 bridgehead atoms. The molecule has 156 valence electrons. The van der Waals surface area contributed by atoms with Crippen molar-refractivity contribution in [3.8, 4) is 0 Å². The zero-order valence-corrected chi connectivity index (χ0v) is 18.0. The third-order valence-electron chi connectivity index (χ3n) is 3.08. The van der Waals surface area contributed by atoms with Crippen LogP contribution in [-0.2, 0) is 9.47 Å². The summed E-state index contributed by atoms with van der Waals surface area (Å²) in [5.74, 6) is 0. The number of nitrogens with one attached hydrogen (secondary N) is 2. The average Bonchev–Trinajstić information content (AvgIpc) is 3.17.